The normalized spacial score (nSPS) is 19.0. The van der Waals surface area contributed by atoms with E-state index in [9.17, 15) is 4.79 Å². The molecule has 1 atom stereocenters. The number of methoxy groups -OCH3 is 1. The molecule has 7 heteroatoms. The highest BCUT2D eigenvalue weighted by molar-refractivity contribution is 7.99. The van der Waals surface area contributed by atoms with Crippen LogP contribution in [0.1, 0.15) is 17.9 Å². The van der Waals surface area contributed by atoms with Crippen molar-refractivity contribution in [3.63, 3.8) is 0 Å². The van der Waals surface area contributed by atoms with Crippen LogP contribution in [0.4, 0.5) is 0 Å². The van der Waals surface area contributed by atoms with Gasteiger partial charge in [-0.25, -0.2) is 4.98 Å². The zero-order valence-corrected chi connectivity index (χ0v) is 14.1. The largest absolute Gasteiger partial charge is 0.469 e. The lowest BCUT2D eigenvalue weighted by Crippen LogP contribution is -2.43. The lowest BCUT2D eigenvalue weighted by molar-refractivity contribution is -0.141. The van der Waals surface area contributed by atoms with E-state index in [2.05, 4.69) is 9.88 Å². The van der Waals surface area contributed by atoms with Gasteiger partial charge in [-0.05, 0) is 19.1 Å². The standard InChI is InChI=1S/C16H20N2O4S/c1-11-13(17-16(22-11)14-4-3-6-21-14)9-18-5-7-23-10-12(18)8-15(19)20-2/h3-4,6,12H,5,7-10H2,1-2H3/t12-/m1/s1. The average Bonchev–Trinajstić information content (AvgIpc) is 3.19. The number of rotatable bonds is 5. The van der Waals surface area contributed by atoms with Crippen LogP contribution >= 0.6 is 11.8 Å². The third kappa shape index (κ3) is 3.79. The molecular weight excluding hydrogens is 316 g/mol. The van der Waals surface area contributed by atoms with Gasteiger partial charge in [0.1, 0.15) is 5.76 Å². The molecule has 124 valence electrons. The van der Waals surface area contributed by atoms with Crippen molar-refractivity contribution >= 4 is 17.7 Å². The topological polar surface area (TPSA) is 68.7 Å². The van der Waals surface area contributed by atoms with Crippen molar-refractivity contribution in [3.05, 3.63) is 29.9 Å². The Balaban J connectivity index is 1.73. The number of oxazole rings is 1. The lowest BCUT2D eigenvalue weighted by Gasteiger charge is -2.34. The van der Waals surface area contributed by atoms with Crippen molar-refractivity contribution < 1.29 is 18.4 Å². The van der Waals surface area contributed by atoms with Crippen LogP contribution in [0.25, 0.3) is 11.7 Å². The van der Waals surface area contributed by atoms with Crippen LogP contribution in [0.2, 0.25) is 0 Å². The summed E-state index contributed by atoms with van der Waals surface area (Å²) in [5.74, 6) is 3.72. The molecule has 1 saturated heterocycles. The third-order valence-corrected chi connectivity index (χ3v) is 5.05. The zero-order chi connectivity index (χ0) is 16.2. The van der Waals surface area contributed by atoms with Crippen molar-refractivity contribution in [1.29, 1.82) is 0 Å². The minimum Gasteiger partial charge on any atom is -0.469 e. The molecule has 23 heavy (non-hydrogen) atoms. The van der Waals surface area contributed by atoms with Gasteiger partial charge in [-0.1, -0.05) is 0 Å². The number of carbonyl (C=O) groups excluding carboxylic acids is 1. The number of furan rings is 1. The van der Waals surface area contributed by atoms with Gasteiger partial charge in [0.25, 0.3) is 5.89 Å². The van der Waals surface area contributed by atoms with E-state index in [1.54, 1.807) is 6.26 Å². The molecule has 1 fully saturated rings. The third-order valence-electron chi connectivity index (χ3n) is 3.96. The van der Waals surface area contributed by atoms with Crippen molar-refractivity contribution in [3.8, 4) is 11.7 Å². The number of thioether (sulfide) groups is 1. The number of carbonyl (C=O) groups is 1. The quantitative estimate of drug-likeness (QED) is 0.778. The Morgan fingerprint density at radius 1 is 1.57 bits per heavy atom. The molecule has 3 heterocycles. The zero-order valence-electron chi connectivity index (χ0n) is 13.3. The van der Waals surface area contributed by atoms with Crippen molar-refractivity contribution in [2.75, 3.05) is 25.2 Å². The Hall–Kier alpha value is -1.73. The summed E-state index contributed by atoms with van der Waals surface area (Å²) >= 11 is 1.87. The van der Waals surface area contributed by atoms with Gasteiger partial charge in [0.05, 0.1) is 25.5 Å². The summed E-state index contributed by atoms with van der Waals surface area (Å²) in [6, 6.07) is 3.81. The second kappa shape index (κ2) is 7.23. The van der Waals surface area contributed by atoms with Crippen LogP contribution in [0.15, 0.2) is 27.2 Å². The number of nitrogens with zero attached hydrogens (tertiary/aromatic N) is 2. The van der Waals surface area contributed by atoms with Gasteiger partial charge in [0.15, 0.2) is 5.76 Å². The van der Waals surface area contributed by atoms with Gasteiger partial charge in [-0.2, -0.15) is 11.8 Å². The van der Waals surface area contributed by atoms with Gasteiger partial charge in [0, 0.05) is 30.6 Å². The number of ether oxygens (including phenoxy) is 1. The fourth-order valence-electron chi connectivity index (χ4n) is 2.63. The van der Waals surface area contributed by atoms with E-state index in [4.69, 9.17) is 13.6 Å². The Morgan fingerprint density at radius 3 is 3.17 bits per heavy atom. The minimum absolute atomic E-state index is 0.171. The molecule has 0 amide bonds. The second-order valence-electron chi connectivity index (χ2n) is 5.48. The first-order chi connectivity index (χ1) is 11.2. The summed E-state index contributed by atoms with van der Waals surface area (Å²) in [7, 11) is 1.43. The summed E-state index contributed by atoms with van der Waals surface area (Å²) in [4.78, 5) is 18.4. The highest BCUT2D eigenvalue weighted by atomic mass is 32.2. The fraction of sp³-hybridized carbons (Fsp3) is 0.500. The summed E-state index contributed by atoms with van der Waals surface area (Å²) in [6.07, 6.45) is 2.01. The second-order valence-corrected chi connectivity index (χ2v) is 6.63. The number of hydrogen-bond acceptors (Lipinski definition) is 7. The van der Waals surface area contributed by atoms with Crippen molar-refractivity contribution in [2.24, 2.45) is 0 Å². The first kappa shape index (κ1) is 16.1. The summed E-state index contributed by atoms with van der Waals surface area (Å²) in [5.41, 5.74) is 0.887. The van der Waals surface area contributed by atoms with E-state index < -0.39 is 0 Å². The molecule has 1 aliphatic heterocycles. The average molecular weight is 336 g/mol. The summed E-state index contributed by atoms with van der Waals surface area (Å²) in [5, 5.41) is 0. The van der Waals surface area contributed by atoms with Crippen molar-refractivity contribution in [2.45, 2.75) is 25.9 Å². The minimum atomic E-state index is -0.171. The number of esters is 1. The van der Waals surface area contributed by atoms with E-state index in [1.165, 1.54) is 7.11 Å². The molecule has 2 aromatic heterocycles. The summed E-state index contributed by atoms with van der Waals surface area (Å²) < 4.78 is 15.8. The highest BCUT2D eigenvalue weighted by Crippen LogP contribution is 2.26. The van der Waals surface area contributed by atoms with Gasteiger partial charge in [-0.3, -0.25) is 9.69 Å². The van der Waals surface area contributed by atoms with Crippen LogP contribution in [0, 0.1) is 6.92 Å². The Kier molecular flexibility index (Phi) is 5.07. The van der Waals surface area contributed by atoms with Gasteiger partial charge in [0.2, 0.25) is 0 Å². The fourth-order valence-corrected chi connectivity index (χ4v) is 3.76. The predicted octanol–water partition coefficient (Wildman–Crippen LogP) is 2.72. The highest BCUT2D eigenvalue weighted by Gasteiger charge is 2.27. The van der Waals surface area contributed by atoms with Crippen LogP contribution in [-0.4, -0.2) is 47.1 Å². The first-order valence-corrected chi connectivity index (χ1v) is 8.71. The number of hydrogen-bond donors (Lipinski definition) is 0. The Labute approximate surface area is 139 Å². The molecule has 2 aromatic rings. The number of aryl methyl sites for hydroxylation is 1. The van der Waals surface area contributed by atoms with E-state index >= 15 is 0 Å². The molecule has 0 bridgehead atoms. The number of aromatic nitrogens is 1. The summed E-state index contributed by atoms with van der Waals surface area (Å²) in [6.45, 7) is 3.50. The van der Waals surface area contributed by atoms with E-state index in [0.29, 0.717) is 24.6 Å². The molecule has 0 spiro atoms. The molecular formula is C16H20N2O4S. The maximum absolute atomic E-state index is 11.6. The van der Waals surface area contributed by atoms with Crippen LogP contribution < -0.4 is 0 Å². The molecule has 0 N–H and O–H groups in total. The van der Waals surface area contributed by atoms with Crippen LogP contribution in [0.5, 0.6) is 0 Å². The molecule has 3 rings (SSSR count). The van der Waals surface area contributed by atoms with Crippen LogP contribution in [-0.2, 0) is 16.1 Å². The molecule has 0 unspecified atom stereocenters. The van der Waals surface area contributed by atoms with Crippen LogP contribution in [0.3, 0.4) is 0 Å². The SMILES string of the molecule is COC(=O)C[C@@H]1CSCCN1Cc1nc(-c2ccco2)oc1C. The Morgan fingerprint density at radius 2 is 2.43 bits per heavy atom. The molecule has 6 nitrogen and oxygen atoms in total. The predicted molar refractivity (Wildman–Crippen MR) is 87.1 cm³/mol. The molecule has 0 aromatic carbocycles. The lowest BCUT2D eigenvalue weighted by atomic mass is 10.2. The maximum atomic E-state index is 11.6. The molecule has 1 aliphatic rings. The van der Waals surface area contributed by atoms with Gasteiger partial charge < -0.3 is 13.6 Å². The van der Waals surface area contributed by atoms with Crippen molar-refractivity contribution in [1.82, 2.24) is 9.88 Å². The molecule has 0 aliphatic carbocycles. The van der Waals surface area contributed by atoms with E-state index in [0.717, 1.165) is 29.5 Å². The monoisotopic (exact) mass is 336 g/mol. The molecule has 0 radical (unpaired) electrons. The van der Waals surface area contributed by atoms with Gasteiger partial charge >= 0.3 is 5.97 Å². The molecule has 0 saturated carbocycles. The van der Waals surface area contributed by atoms with Gasteiger partial charge in [-0.15, -0.1) is 0 Å². The maximum Gasteiger partial charge on any atom is 0.307 e. The smallest absolute Gasteiger partial charge is 0.307 e. The first-order valence-electron chi connectivity index (χ1n) is 7.56. The van der Waals surface area contributed by atoms with E-state index in [1.807, 2.05) is 30.8 Å². The Bertz CT molecular complexity index is 653. The van der Waals surface area contributed by atoms with E-state index in [-0.39, 0.29) is 12.0 Å².